The fourth-order valence-electron chi connectivity index (χ4n) is 2.53. The quantitative estimate of drug-likeness (QED) is 0.602. The maximum atomic E-state index is 10.2. The zero-order chi connectivity index (χ0) is 17.1. The minimum Gasteiger partial charge on any atom is -0.507 e. The number of aromatic hydroxyl groups is 1. The molecule has 0 saturated carbocycles. The van der Waals surface area contributed by atoms with Crippen LogP contribution in [0.2, 0.25) is 0 Å². The molecule has 0 saturated heterocycles. The van der Waals surface area contributed by atoms with Crippen molar-refractivity contribution in [3.8, 4) is 22.8 Å². The molecule has 0 fully saturated rings. The molecule has 0 spiro atoms. The van der Waals surface area contributed by atoms with Gasteiger partial charge in [-0.15, -0.1) is 5.10 Å². The Balaban J connectivity index is 1.82. The van der Waals surface area contributed by atoms with Crippen molar-refractivity contribution in [2.24, 2.45) is 0 Å². The van der Waals surface area contributed by atoms with Gasteiger partial charge in [-0.05, 0) is 48.6 Å². The predicted molar refractivity (Wildman–Crippen MR) is 96.1 cm³/mol. The summed E-state index contributed by atoms with van der Waals surface area (Å²) in [4.78, 5) is 4.58. The van der Waals surface area contributed by atoms with Crippen LogP contribution in [0.25, 0.3) is 29.2 Å². The van der Waals surface area contributed by atoms with Gasteiger partial charge in [0.15, 0.2) is 11.6 Å². The van der Waals surface area contributed by atoms with Crippen LogP contribution in [-0.2, 0) is 0 Å². The first-order valence-corrected chi connectivity index (χ1v) is 7.84. The highest BCUT2D eigenvalue weighted by Gasteiger charge is 2.15. The van der Waals surface area contributed by atoms with Crippen molar-refractivity contribution in [3.63, 3.8) is 0 Å². The summed E-state index contributed by atoms with van der Waals surface area (Å²) in [6.07, 6.45) is 5.20. The van der Waals surface area contributed by atoms with Gasteiger partial charge in [0.2, 0.25) is 0 Å². The van der Waals surface area contributed by atoms with Crippen molar-refractivity contribution < 1.29 is 9.52 Å². The number of nitrogens with zero attached hydrogens (tertiary/aromatic N) is 3. The lowest BCUT2D eigenvalue weighted by atomic mass is 10.2. The topological polar surface area (TPSA) is 64.1 Å². The van der Waals surface area contributed by atoms with Crippen molar-refractivity contribution in [2.75, 3.05) is 0 Å². The van der Waals surface area contributed by atoms with Gasteiger partial charge >= 0.3 is 0 Å². The zero-order valence-corrected chi connectivity index (χ0v) is 13.3. The number of phenols is 1. The average molecular weight is 329 g/mol. The van der Waals surface area contributed by atoms with E-state index in [1.54, 1.807) is 35.2 Å². The van der Waals surface area contributed by atoms with Crippen molar-refractivity contribution in [2.45, 2.75) is 0 Å². The molecule has 4 rings (SSSR count). The van der Waals surface area contributed by atoms with E-state index in [0.29, 0.717) is 17.2 Å². The second-order valence-corrected chi connectivity index (χ2v) is 5.41. The highest BCUT2D eigenvalue weighted by molar-refractivity contribution is 5.69. The van der Waals surface area contributed by atoms with Gasteiger partial charge in [-0.25, -0.2) is 9.67 Å². The van der Waals surface area contributed by atoms with Gasteiger partial charge < -0.3 is 9.52 Å². The summed E-state index contributed by atoms with van der Waals surface area (Å²) < 4.78 is 7.01. The SMILES string of the molecule is Oc1ccccc1-c1nc(C=Cc2ccco2)nn1-c1ccccc1. The van der Waals surface area contributed by atoms with Gasteiger partial charge in [0, 0.05) is 0 Å². The van der Waals surface area contributed by atoms with Gasteiger partial charge in [0.25, 0.3) is 0 Å². The minimum absolute atomic E-state index is 0.161. The van der Waals surface area contributed by atoms with Crippen LogP contribution in [-0.4, -0.2) is 19.9 Å². The Kier molecular flexibility index (Phi) is 3.88. The molecule has 1 N–H and O–H groups in total. The number of hydrogen-bond acceptors (Lipinski definition) is 4. The van der Waals surface area contributed by atoms with Crippen LogP contribution in [0.5, 0.6) is 5.75 Å². The van der Waals surface area contributed by atoms with Gasteiger partial charge in [0.1, 0.15) is 11.5 Å². The van der Waals surface area contributed by atoms with Crippen LogP contribution < -0.4 is 0 Å². The number of para-hydroxylation sites is 2. The Labute approximate surface area is 144 Å². The number of phenolic OH excluding ortho intramolecular Hbond substituents is 1. The maximum Gasteiger partial charge on any atom is 0.175 e. The molecule has 122 valence electrons. The van der Waals surface area contributed by atoms with E-state index in [9.17, 15) is 5.11 Å². The molecule has 4 aromatic rings. The van der Waals surface area contributed by atoms with Crippen LogP contribution in [0, 0.1) is 0 Å². The first-order valence-electron chi connectivity index (χ1n) is 7.84. The molecule has 0 amide bonds. The molecule has 0 atom stereocenters. The third-order valence-electron chi connectivity index (χ3n) is 3.71. The second kappa shape index (κ2) is 6.49. The maximum absolute atomic E-state index is 10.2. The molecule has 0 radical (unpaired) electrons. The summed E-state index contributed by atoms with van der Waals surface area (Å²) in [7, 11) is 0. The van der Waals surface area contributed by atoms with Crippen LogP contribution in [0.3, 0.4) is 0 Å². The van der Waals surface area contributed by atoms with Crippen molar-refractivity contribution in [1.29, 1.82) is 0 Å². The summed E-state index contributed by atoms with van der Waals surface area (Å²) in [6, 6.07) is 20.5. The second-order valence-electron chi connectivity index (χ2n) is 5.41. The molecular weight excluding hydrogens is 314 g/mol. The molecule has 0 aliphatic rings. The average Bonchev–Trinajstić information content (AvgIpc) is 3.31. The fourth-order valence-corrected chi connectivity index (χ4v) is 2.53. The van der Waals surface area contributed by atoms with Gasteiger partial charge in [-0.3, -0.25) is 0 Å². The predicted octanol–water partition coefficient (Wildman–Crippen LogP) is 4.40. The molecule has 2 heterocycles. The van der Waals surface area contributed by atoms with Crippen LogP contribution in [0.4, 0.5) is 0 Å². The first kappa shape index (κ1) is 15.0. The van der Waals surface area contributed by atoms with E-state index in [1.165, 1.54) is 0 Å². The first-order chi connectivity index (χ1) is 12.3. The van der Waals surface area contributed by atoms with Crippen LogP contribution in [0.15, 0.2) is 77.4 Å². The highest BCUT2D eigenvalue weighted by Crippen LogP contribution is 2.29. The summed E-state index contributed by atoms with van der Waals surface area (Å²) >= 11 is 0. The number of benzene rings is 2. The lowest BCUT2D eigenvalue weighted by Gasteiger charge is -2.06. The summed E-state index contributed by atoms with van der Waals surface area (Å²) in [5.74, 6) is 1.98. The minimum atomic E-state index is 0.161. The van der Waals surface area contributed by atoms with Crippen molar-refractivity contribution in [3.05, 3.63) is 84.6 Å². The Morgan fingerprint density at radius 2 is 1.68 bits per heavy atom. The molecule has 0 aliphatic heterocycles. The summed E-state index contributed by atoms with van der Waals surface area (Å²) in [5.41, 5.74) is 1.49. The van der Waals surface area contributed by atoms with E-state index < -0.39 is 0 Å². The third-order valence-corrected chi connectivity index (χ3v) is 3.71. The molecule has 2 aromatic carbocycles. The number of hydrogen-bond donors (Lipinski definition) is 1. The summed E-state index contributed by atoms with van der Waals surface area (Å²) in [6.45, 7) is 0. The Bertz CT molecular complexity index is 1000. The monoisotopic (exact) mass is 329 g/mol. The number of furan rings is 1. The number of aromatic nitrogens is 3. The van der Waals surface area contributed by atoms with E-state index in [1.807, 2.05) is 54.6 Å². The van der Waals surface area contributed by atoms with E-state index in [-0.39, 0.29) is 5.75 Å². The fraction of sp³-hybridized carbons (Fsp3) is 0. The normalized spacial score (nSPS) is 11.2. The lowest BCUT2D eigenvalue weighted by Crippen LogP contribution is -1.99. The molecule has 5 heteroatoms. The Morgan fingerprint density at radius 3 is 2.44 bits per heavy atom. The standard InChI is InChI=1S/C20H15N3O2/c24-18-11-5-4-10-17(18)20-21-19(13-12-16-9-6-14-25-16)22-23(20)15-7-2-1-3-8-15/h1-14,24H. The van der Waals surface area contributed by atoms with Crippen LogP contribution in [0.1, 0.15) is 11.6 Å². The van der Waals surface area contributed by atoms with Crippen LogP contribution >= 0.6 is 0 Å². The van der Waals surface area contributed by atoms with Gasteiger partial charge in [-0.1, -0.05) is 30.3 Å². The molecular formula is C20H15N3O2. The van der Waals surface area contributed by atoms with Gasteiger partial charge in [-0.2, -0.15) is 0 Å². The highest BCUT2D eigenvalue weighted by atomic mass is 16.3. The lowest BCUT2D eigenvalue weighted by molar-refractivity contribution is 0.476. The Morgan fingerprint density at radius 1 is 0.880 bits per heavy atom. The van der Waals surface area contributed by atoms with Gasteiger partial charge in [0.05, 0.1) is 17.5 Å². The van der Waals surface area contributed by atoms with E-state index in [0.717, 1.165) is 11.4 Å². The third kappa shape index (κ3) is 3.07. The number of rotatable bonds is 4. The molecule has 0 bridgehead atoms. The molecule has 5 nitrogen and oxygen atoms in total. The van der Waals surface area contributed by atoms with Crippen molar-refractivity contribution in [1.82, 2.24) is 14.8 Å². The van der Waals surface area contributed by atoms with E-state index >= 15 is 0 Å². The molecule has 25 heavy (non-hydrogen) atoms. The van der Waals surface area contributed by atoms with E-state index in [4.69, 9.17) is 4.42 Å². The molecule has 0 aliphatic carbocycles. The largest absolute Gasteiger partial charge is 0.507 e. The summed E-state index contributed by atoms with van der Waals surface area (Å²) in [5, 5.41) is 14.8. The van der Waals surface area contributed by atoms with Crippen molar-refractivity contribution >= 4 is 12.2 Å². The molecule has 2 aromatic heterocycles. The molecule has 0 unspecified atom stereocenters. The Hall–Kier alpha value is -3.60. The zero-order valence-electron chi connectivity index (χ0n) is 13.3. The smallest absolute Gasteiger partial charge is 0.175 e. The van der Waals surface area contributed by atoms with E-state index in [2.05, 4.69) is 10.1 Å².